The normalized spacial score (nSPS) is 12.1. The third kappa shape index (κ3) is 2.22. The minimum absolute atomic E-state index is 0.104. The molecule has 1 aromatic rings. The second-order valence-electron chi connectivity index (χ2n) is 2.47. The summed E-state index contributed by atoms with van der Waals surface area (Å²) in [4.78, 5) is 22.5. The molecule has 1 rings (SSSR count). The van der Waals surface area contributed by atoms with Crippen molar-refractivity contribution in [1.29, 1.82) is 0 Å². The molecule has 0 radical (unpaired) electrons. The lowest BCUT2D eigenvalue weighted by Gasteiger charge is -2.12. The molecule has 0 bridgehead atoms. The van der Waals surface area contributed by atoms with Crippen LogP contribution in [0.1, 0.15) is 12.2 Å². The van der Waals surface area contributed by atoms with Gasteiger partial charge in [0.15, 0.2) is 0 Å². The van der Waals surface area contributed by atoms with E-state index in [2.05, 4.69) is 0 Å². The van der Waals surface area contributed by atoms with Crippen molar-refractivity contribution in [3.63, 3.8) is 0 Å². The Bertz CT molecular complexity index is 472. The number of alkyl halides is 5. The van der Waals surface area contributed by atoms with Gasteiger partial charge in [-0.1, -0.05) is 0 Å². The average Bonchev–Trinajstić information content (AvgIpc) is 1.99. The minimum Gasteiger partial charge on any atom is -0.274 e. The van der Waals surface area contributed by atoms with Gasteiger partial charge in [-0.25, -0.2) is 9.36 Å². The van der Waals surface area contributed by atoms with Gasteiger partial charge in [0.2, 0.25) is 0 Å². The molecule has 0 unspecified atom stereocenters. The highest BCUT2D eigenvalue weighted by molar-refractivity contribution is 5.06. The number of hydrogen-bond acceptors (Lipinski definition) is 2. The van der Waals surface area contributed by atoms with E-state index in [0.29, 0.717) is 0 Å². The first-order valence-electron chi connectivity index (χ1n) is 3.44. The van der Waals surface area contributed by atoms with Crippen LogP contribution in [0.4, 0.5) is 22.0 Å². The van der Waals surface area contributed by atoms with Gasteiger partial charge in [-0.2, -0.15) is 22.0 Å². The SMILES string of the molecule is O=c1cc(C(F)(F)F)n(C(F)F)c(=O)[nH]1. The molecule has 0 saturated carbocycles. The molecule has 0 aliphatic heterocycles. The lowest BCUT2D eigenvalue weighted by molar-refractivity contribution is -0.149. The van der Waals surface area contributed by atoms with Crippen molar-refractivity contribution in [2.24, 2.45) is 0 Å². The number of H-pyrrole nitrogens is 1. The smallest absolute Gasteiger partial charge is 0.274 e. The molecule has 1 heterocycles. The van der Waals surface area contributed by atoms with Crippen molar-refractivity contribution in [3.8, 4) is 0 Å². The summed E-state index contributed by atoms with van der Waals surface area (Å²) >= 11 is 0. The van der Waals surface area contributed by atoms with E-state index < -0.39 is 34.2 Å². The molecule has 0 spiro atoms. The molecule has 4 nitrogen and oxygen atoms in total. The third-order valence-electron chi connectivity index (χ3n) is 1.46. The Labute approximate surface area is 78.0 Å². The first-order valence-corrected chi connectivity index (χ1v) is 3.44. The van der Waals surface area contributed by atoms with Gasteiger partial charge >= 0.3 is 18.4 Å². The highest BCUT2D eigenvalue weighted by atomic mass is 19.4. The molecule has 0 amide bonds. The second kappa shape index (κ2) is 3.48. The van der Waals surface area contributed by atoms with Crippen LogP contribution in [0, 0.1) is 0 Å². The lowest BCUT2D eigenvalue weighted by Crippen LogP contribution is -2.35. The molecule has 84 valence electrons. The number of halogens is 5. The monoisotopic (exact) mass is 230 g/mol. The van der Waals surface area contributed by atoms with Gasteiger partial charge in [0.25, 0.3) is 5.56 Å². The standard InChI is InChI=1S/C6H3F5N2O2/c7-4(8)13-2(6(9,10)11)1-3(14)12-5(13)15/h1,4H,(H,12,14,15). The van der Waals surface area contributed by atoms with Gasteiger partial charge < -0.3 is 0 Å². The van der Waals surface area contributed by atoms with Gasteiger partial charge in [0.05, 0.1) is 0 Å². The van der Waals surface area contributed by atoms with Crippen molar-refractivity contribution in [2.45, 2.75) is 12.7 Å². The van der Waals surface area contributed by atoms with Gasteiger partial charge in [-0.05, 0) is 0 Å². The summed E-state index contributed by atoms with van der Waals surface area (Å²) in [5.74, 6) is 0. The maximum absolute atomic E-state index is 12.1. The molecule has 0 aliphatic carbocycles. The highest BCUT2D eigenvalue weighted by Crippen LogP contribution is 2.29. The van der Waals surface area contributed by atoms with Gasteiger partial charge in [-0.15, -0.1) is 0 Å². The Kier molecular flexibility index (Phi) is 2.65. The first-order chi connectivity index (χ1) is 6.73. The van der Waals surface area contributed by atoms with E-state index in [0.717, 1.165) is 0 Å². The van der Waals surface area contributed by atoms with Crippen LogP contribution in [0.5, 0.6) is 0 Å². The zero-order valence-corrected chi connectivity index (χ0v) is 6.81. The summed E-state index contributed by atoms with van der Waals surface area (Å²) < 4.78 is 59.7. The van der Waals surface area contributed by atoms with E-state index in [9.17, 15) is 31.5 Å². The lowest BCUT2D eigenvalue weighted by atomic mass is 10.4. The van der Waals surface area contributed by atoms with Gasteiger partial charge in [0, 0.05) is 6.07 Å². The Morgan fingerprint density at radius 1 is 1.27 bits per heavy atom. The highest BCUT2D eigenvalue weighted by Gasteiger charge is 2.37. The Morgan fingerprint density at radius 2 is 1.80 bits per heavy atom. The van der Waals surface area contributed by atoms with Crippen molar-refractivity contribution in [2.75, 3.05) is 0 Å². The number of hydrogen-bond donors (Lipinski definition) is 1. The van der Waals surface area contributed by atoms with Crippen LogP contribution in [0.2, 0.25) is 0 Å². The van der Waals surface area contributed by atoms with E-state index in [4.69, 9.17) is 0 Å². The van der Waals surface area contributed by atoms with Crippen molar-refractivity contribution < 1.29 is 22.0 Å². The fourth-order valence-corrected chi connectivity index (χ4v) is 0.917. The number of aromatic amines is 1. The van der Waals surface area contributed by atoms with Crippen LogP contribution < -0.4 is 11.2 Å². The van der Waals surface area contributed by atoms with Gasteiger partial charge in [-0.3, -0.25) is 9.78 Å². The quantitative estimate of drug-likeness (QED) is 0.730. The fourth-order valence-electron chi connectivity index (χ4n) is 0.917. The molecule has 0 aromatic carbocycles. The summed E-state index contributed by atoms with van der Waals surface area (Å²) in [5, 5.41) is 0. The number of rotatable bonds is 1. The zero-order chi connectivity index (χ0) is 11.8. The molecule has 0 saturated heterocycles. The predicted molar refractivity (Wildman–Crippen MR) is 37.6 cm³/mol. The Balaban J connectivity index is 3.62. The summed E-state index contributed by atoms with van der Waals surface area (Å²) in [7, 11) is 0. The zero-order valence-electron chi connectivity index (χ0n) is 6.81. The topological polar surface area (TPSA) is 54.9 Å². The van der Waals surface area contributed by atoms with E-state index in [1.54, 1.807) is 0 Å². The average molecular weight is 230 g/mol. The van der Waals surface area contributed by atoms with Crippen LogP contribution in [-0.2, 0) is 6.18 Å². The molecular weight excluding hydrogens is 227 g/mol. The third-order valence-corrected chi connectivity index (χ3v) is 1.46. The molecule has 15 heavy (non-hydrogen) atoms. The maximum atomic E-state index is 12.1. The number of nitrogens with one attached hydrogen (secondary N) is 1. The van der Waals surface area contributed by atoms with Crippen molar-refractivity contribution in [1.82, 2.24) is 9.55 Å². The summed E-state index contributed by atoms with van der Waals surface area (Å²) in [6, 6.07) is -0.104. The largest absolute Gasteiger partial charge is 0.431 e. The van der Waals surface area contributed by atoms with E-state index >= 15 is 0 Å². The van der Waals surface area contributed by atoms with Crippen molar-refractivity contribution >= 4 is 0 Å². The van der Waals surface area contributed by atoms with E-state index in [1.807, 2.05) is 0 Å². The van der Waals surface area contributed by atoms with Crippen LogP contribution in [-0.4, -0.2) is 9.55 Å². The summed E-state index contributed by atoms with van der Waals surface area (Å²) in [6.07, 6.45) is -5.19. The van der Waals surface area contributed by atoms with Crippen LogP contribution in [0.15, 0.2) is 15.7 Å². The molecule has 9 heteroatoms. The number of aromatic nitrogens is 2. The van der Waals surface area contributed by atoms with Crippen molar-refractivity contribution in [3.05, 3.63) is 32.6 Å². The molecule has 0 atom stereocenters. The first kappa shape index (κ1) is 11.4. The Hall–Kier alpha value is -1.67. The Morgan fingerprint density at radius 3 is 2.20 bits per heavy atom. The summed E-state index contributed by atoms with van der Waals surface area (Å²) in [6.45, 7) is -3.68. The molecular formula is C6H3F5N2O2. The maximum Gasteiger partial charge on any atom is 0.431 e. The minimum atomic E-state index is -5.19. The van der Waals surface area contributed by atoms with Gasteiger partial charge in [0.1, 0.15) is 5.69 Å². The van der Waals surface area contributed by atoms with Crippen LogP contribution >= 0.6 is 0 Å². The van der Waals surface area contributed by atoms with E-state index in [-0.39, 0.29) is 6.07 Å². The van der Waals surface area contributed by atoms with Crippen LogP contribution in [0.25, 0.3) is 0 Å². The number of nitrogens with zero attached hydrogens (tertiary/aromatic N) is 1. The molecule has 0 aliphatic rings. The summed E-state index contributed by atoms with van der Waals surface area (Å²) in [5.41, 5.74) is -5.17. The predicted octanol–water partition coefficient (Wildman–Crippen LogP) is 0.951. The molecule has 0 fully saturated rings. The molecule has 1 aromatic heterocycles. The molecule has 1 N–H and O–H groups in total. The fraction of sp³-hybridized carbons (Fsp3) is 0.333. The second-order valence-corrected chi connectivity index (χ2v) is 2.47. The van der Waals surface area contributed by atoms with Crippen LogP contribution in [0.3, 0.4) is 0 Å². The van der Waals surface area contributed by atoms with E-state index in [1.165, 1.54) is 4.98 Å².